The van der Waals surface area contributed by atoms with Gasteiger partial charge in [0.1, 0.15) is 46.3 Å². The van der Waals surface area contributed by atoms with Crippen molar-refractivity contribution in [2.45, 2.75) is 0 Å². The van der Waals surface area contributed by atoms with Crippen molar-refractivity contribution in [2.75, 3.05) is 0 Å². The van der Waals surface area contributed by atoms with Crippen LogP contribution in [-0.4, -0.2) is 47.3 Å². The number of imidazole rings is 2. The molecule has 14 aromatic rings. The van der Waals surface area contributed by atoms with E-state index < -0.39 is 0 Å². The van der Waals surface area contributed by atoms with Crippen molar-refractivity contribution >= 4 is 76.5 Å². The normalized spacial score (nSPS) is 12.0. The van der Waals surface area contributed by atoms with Gasteiger partial charge in [-0.2, -0.15) is 0 Å². The molecule has 12 heteroatoms. The first-order chi connectivity index (χ1) is 34.4. The molecule has 8 aromatic heterocycles. The molecule has 14 rings (SSSR count). The Bertz CT molecular complexity index is 4130. The molecule has 336 valence electrons. The van der Waals surface area contributed by atoms with Crippen molar-refractivity contribution in [3.05, 3.63) is 183 Å². The van der Waals surface area contributed by atoms with Crippen LogP contribution in [0, 0.1) is 0 Å². The summed E-state index contributed by atoms with van der Waals surface area (Å²) in [6, 6.07) is 50.3. The van der Waals surface area contributed by atoms with Gasteiger partial charge in [-0.1, -0.05) is 48.5 Å². The average molecular weight is 911 g/mol. The summed E-state index contributed by atoms with van der Waals surface area (Å²) < 4.78 is 27.2. The molecule has 0 bridgehead atoms. The molecule has 6 aromatic carbocycles. The molecule has 0 saturated carbocycles. The summed E-state index contributed by atoms with van der Waals surface area (Å²) in [5.74, 6) is 6.13. The fraction of sp³-hybridized carbons (Fsp3) is 0.0690. The van der Waals surface area contributed by atoms with E-state index in [1.54, 1.807) is 0 Å². The Morgan fingerprint density at radius 2 is 0.814 bits per heavy atom. The molecule has 70 heavy (non-hydrogen) atoms. The minimum Gasteiger partial charge on any atom is -0.457 e. The van der Waals surface area contributed by atoms with Crippen LogP contribution in [0.1, 0.15) is 0 Å². The smallest absolute Gasteiger partial charge is 0.139 e. The predicted molar refractivity (Wildman–Crippen MR) is 279 cm³/mol. The molecule has 0 N–H and O–H groups in total. The highest BCUT2D eigenvalue weighted by molar-refractivity contribution is 6.20. The molecule has 0 radical (unpaired) electrons. The van der Waals surface area contributed by atoms with Gasteiger partial charge in [0.25, 0.3) is 0 Å². The zero-order chi connectivity index (χ0) is 46.8. The van der Waals surface area contributed by atoms with E-state index in [0.29, 0.717) is 11.5 Å². The summed E-state index contributed by atoms with van der Waals surface area (Å²) >= 11 is 0. The van der Waals surface area contributed by atoms with Gasteiger partial charge in [-0.3, -0.25) is 9.13 Å². The van der Waals surface area contributed by atoms with Crippen LogP contribution in [0.5, 0.6) is 23.0 Å². The summed E-state index contributed by atoms with van der Waals surface area (Å²) in [4.78, 5) is 19.4. The lowest BCUT2D eigenvalue weighted by Gasteiger charge is -2.13. The van der Waals surface area contributed by atoms with E-state index in [9.17, 15) is 0 Å². The van der Waals surface area contributed by atoms with Crippen molar-refractivity contribution in [1.29, 1.82) is 0 Å². The van der Waals surface area contributed by atoms with Crippen LogP contribution in [0.3, 0.4) is 0 Å². The second-order valence-electron chi connectivity index (χ2n) is 17.9. The first kappa shape index (κ1) is 39.7. The quantitative estimate of drug-likeness (QED) is 0.151. The zero-order valence-corrected chi connectivity index (χ0v) is 38.6. The number of ether oxygens (including phenoxy) is 2. The van der Waals surface area contributed by atoms with Crippen molar-refractivity contribution in [1.82, 2.24) is 47.3 Å². The van der Waals surface area contributed by atoms with Crippen LogP contribution < -0.4 is 9.47 Å². The Balaban J connectivity index is 0.985. The second-order valence-corrected chi connectivity index (χ2v) is 17.9. The minimum atomic E-state index is 0.688. The third-order valence-corrected chi connectivity index (χ3v) is 13.9. The third kappa shape index (κ3) is 5.83. The number of rotatable bonds is 8. The van der Waals surface area contributed by atoms with Gasteiger partial charge in [-0.25, -0.2) is 19.9 Å². The van der Waals surface area contributed by atoms with Crippen molar-refractivity contribution < 1.29 is 9.47 Å². The molecule has 0 saturated heterocycles. The molecule has 0 spiro atoms. The minimum absolute atomic E-state index is 0.688. The van der Waals surface area contributed by atoms with Crippen LogP contribution >= 0.6 is 0 Å². The van der Waals surface area contributed by atoms with E-state index in [2.05, 4.69) is 142 Å². The van der Waals surface area contributed by atoms with Gasteiger partial charge in [0.15, 0.2) is 0 Å². The van der Waals surface area contributed by atoms with E-state index in [1.165, 1.54) is 0 Å². The van der Waals surface area contributed by atoms with Crippen LogP contribution in [0.25, 0.3) is 111 Å². The number of fused-ring (bicyclic) bond motifs is 11. The molecule has 0 atom stereocenters. The first-order valence-corrected chi connectivity index (χ1v) is 23.2. The number of hydrogen-bond acceptors (Lipinski definition) is 6. The molecular formula is C58H42N10O2. The van der Waals surface area contributed by atoms with Gasteiger partial charge in [0.05, 0.1) is 43.9 Å². The number of nitrogens with zero attached hydrogens (tertiary/aromatic N) is 10. The average Bonchev–Trinajstić information content (AvgIpc) is 4.25. The fourth-order valence-electron chi connectivity index (χ4n) is 10.8. The molecular weight excluding hydrogens is 869 g/mol. The summed E-state index contributed by atoms with van der Waals surface area (Å²) in [7, 11) is 8.24. The largest absolute Gasteiger partial charge is 0.457 e. The lowest BCUT2D eigenvalue weighted by Crippen LogP contribution is -1.98. The molecule has 0 aliphatic rings. The molecule has 0 unspecified atom stereocenters. The number of aromatic nitrogens is 10. The van der Waals surface area contributed by atoms with Crippen LogP contribution in [0.15, 0.2) is 183 Å². The molecule has 12 nitrogen and oxygen atoms in total. The second kappa shape index (κ2) is 15.0. The van der Waals surface area contributed by atoms with E-state index in [-0.39, 0.29) is 0 Å². The molecule has 0 fully saturated rings. The Morgan fingerprint density at radius 1 is 0.371 bits per heavy atom. The third-order valence-electron chi connectivity index (χ3n) is 13.9. The Labute approximate surface area is 400 Å². The summed E-state index contributed by atoms with van der Waals surface area (Å²) in [6.07, 6.45) is 11.3. The number of pyridine rings is 2. The van der Waals surface area contributed by atoms with Gasteiger partial charge in [0, 0.05) is 121 Å². The van der Waals surface area contributed by atoms with Gasteiger partial charge in [0.2, 0.25) is 0 Å². The summed E-state index contributed by atoms with van der Waals surface area (Å²) in [5, 5.41) is 6.33. The number of aryl methyl sites for hydroxylation is 4. The molecule has 0 amide bonds. The number of hydrogen-bond donors (Lipinski definition) is 0. The van der Waals surface area contributed by atoms with Crippen molar-refractivity contribution in [3.63, 3.8) is 0 Å². The molecule has 0 aliphatic heterocycles. The number of para-hydroxylation sites is 2. The van der Waals surface area contributed by atoms with Crippen LogP contribution in [0.2, 0.25) is 0 Å². The van der Waals surface area contributed by atoms with Gasteiger partial charge in [-0.15, -0.1) is 0 Å². The summed E-state index contributed by atoms with van der Waals surface area (Å²) in [6.45, 7) is 0. The van der Waals surface area contributed by atoms with E-state index >= 15 is 0 Å². The maximum absolute atomic E-state index is 7.11. The maximum atomic E-state index is 7.11. The van der Waals surface area contributed by atoms with Gasteiger partial charge < -0.3 is 27.7 Å². The standard InChI is InChI=1S/C58H42N10O2/c1-63-27-25-61-57(63)35-29-47-53(39-13-5-7-15-43(39)65(47)3)49(31-35)69-37-19-21-41-45(33-37)67(51-17-9-11-23-59-51)56-42-22-20-38(34-46(42)68(55(41)56)52-18-10-12-24-60-52)70-50-32-36(58-62-26-28-64(58)2)30-48-54(50)40-14-6-8-16-44(40)66(48)4/h5-34H,1-4H3. The Morgan fingerprint density at radius 3 is 1.23 bits per heavy atom. The molecule has 8 heterocycles. The Kier molecular flexibility index (Phi) is 8.54. The molecule has 0 aliphatic carbocycles. The predicted octanol–water partition coefficient (Wildman–Crippen LogP) is 13.2. The summed E-state index contributed by atoms with van der Waals surface area (Å²) in [5.41, 5.74) is 10.1. The van der Waals surface area contributed by atoms with E-state index in [0.717, 1.165) is 122 Å². The Hall–Kier alpha value is -9.42. The maximum Gasteiger partial charge on any atom is 0.139 e. The zero-order valence-electron chi connectivity index (χ0n) is 38.6. The highest BCUT2D eigenvalue weighted by atomic mass is 16.5. The van der Waals surface area contributed by atoms with Crippen LogP contribution in [-0.2, 0) is 28.2 Å². The van der Waals surface area contributed by atoms with Gasteiger partial charge >= 0.3 is 0 Å². The first-order valence-electron chi connectivity index (χ1n) is 23.2. The lowest BCUT2D eigenvalue weighted by molar-refractivity contribution is 0.489. The van der Waals surface area contributed by atoms with E-state index in [1.807, 2.05) is 96.8 Å². The van der Waals surface area contributed by atoms with Crippen molar-refractivity contribution in [2.24, 2.45) is 28.2 Å². The SMILES string of the molecule is Cn1ccnc1-c1cc(Oc2ccc3c(c2)n(-c2ccccn2)c2c4ccc(Oc5cc(-c6nccn6C)cc6c5c5ccccc5n6C)cc4n(-c4ccccn4)c32)c2c3ccccc3n(C)c2c1. The lowest BCUT2D eigenvalue weighted by atomic mass is 10.1. The van der Waals surface area contributed by atoms with Gasteiger partial charge in [-0.05, 0) is 84.9 Å². The topological polar surface area (TPSA) is 99.6 Å². The van der Waals surface area contributed by atoms with Crippen LogP contribution in [0.4, 0.5) is 0 Å². The number of benzene rings is 6. The monoisotopic (exact) mass is 910 g/mol. The highest BCUT2D eigenvalue weighted by Gasteiger charge is 2.26. The highest BCUT2D eigenvalue weighted by Crippen LogP contribution is 2.46. The van der Waals surface area contributed by atoms with E-state index in [4.69, 9.17) is 29.4 Å². The fourth-order valence-corrected chi connectivity index (χ4v) is 10.8. The van der Waals surface area contributed by atoms with Crippen molar-refractivity contribution in [3.8, 4) is 57.4 Å².